The molecule has 0 saturated carbocycles. The van der Waals surface area contributed by atoms with E-state index in [1.165, 1.54) is 12.1 Å². The highest BCUT2D eigenvalue weighted by Crippen LogP contribution is 2.30. The molecule has 3 rings (SSSR count). The molecule has 1 aromatic carbocycles. The van der Waals surface area contributed by atoms with Crippen molar-refractivity contribution >= 4 is 28.5 Å². The number of benzene rings is 1. The van der Waals surface area contributed by atoms with Gasteiger partial charge in [0.2, 0.25) is 5.91 Å². The first kappa shape index (κ1) is 20.3. The van der Waals surface area contributed by atoms with Crippen LogP contribution in [0, 0.1) is 17.7 Å². The normalized spacial score (nSPS) is 21.5. The standard InChI is InChI=1S/C21H28FN3O3/c1-5-28-21(27)19-18(16-9-15(22)6-7-17(16)23-19)24-20(26)14(4)25-10-12(2)8-13(3)11-25/h6-7,9,12-14,23H,5,8,10-11H2,1-4H3,(H,24,26). The highest BCUT2D eigenvalue weighted by atomic mass is 19.1. The first-order valence-corrected chi connectivity index (χ1v) is 9.83. The minimum absolute atomic E-state index is 0.128. The highest BCUT2D eigenvalue weighted by Gasteiger charge is 2.30. The van der Waals surface area contributed by atoms with Crippen LogP contribution < -0.4 is 5.32 Å². The molecule has 1 saturated heterocycles. The fraction of sp³-hybridized carbons (Fsp3) is 0.524. The van der Waals surface area contributed by atoms with Crippen molar-refractivity contribution in [1.29, 1.82) is 0 Å². The largest absolute Gasteiger partial charge is 0.461 e. The van der Waals surface area contributed by atoms with Crippen LogP contribution in [-0.4, -0.2) is 47.5 Å². The van der Waals surface area contributed by atoms with Crippen molar-refractivity contribution in [3.05, 3.63) is 29.7 Å². The Kier molecular flexibility index (Phi) is 6.03. The molecule has 6 nitrogen and oxygen atoms in total. The number of fused-ring (bicyclic) bond motifs is 1. The molecule has 3 unspecified atom stereocenters. The molecule has 2 aromatic rings. The molecule has 7 heteroatoms. The smallest absolute Gasteiger partial charge is 0.356 e. The highest BCUT2D eigenvalue weighted by molar-refractivity contribution is 6.11. The van der Waals surface area contributed by atoms with Gasteiger partial charge >= 0.3 is 5.97 Å². The van der Waals surface area contributed by atoms with Gasteiger partial charge in [0, 0.05) is 24.0 Å². The van der Waals surface area contributed by atoms with Crippen LogP contribution in [0.3, 0.4) is 0 Å². The van der Waals surface area contributed by atoms with E-state index in [4.69, 9.17) is 4.74 Å². The second-order valence-corrected chi connectivity index (χ2v) is 7.85. The molecule has 1 aliphatic heterocycles. The Morgan fingerprint density at radius 3 is 2.64 bits per heavy atom. The van der Waals surface area contributed by atoms with Crippen LogP contribution in [0.5, 0.6) is 0 Å². The number of hydrogen-bond acceptors (Lipinski definition) is 4. The first-order valence-electron chi connectivity index (χ1n) is 9.83. The lowest BCUT2D eigenvalue weighted by Crippen LogP contribution is -2.48. The van der Waals surface area contributed by atoms with Gasteiger partial charge in [0.25, 0.3) is 0 Å². The molecule has 2 N–H and O–H groups in total. The van der Waals surface area contributed by atoms with Crippen LogP contribution in [-0.2, 0) is 9.53 Å². The lowest BCUT2D eigenvalue weighted by molar-refractivity contribution is -0.121. The number of piperidine rings is 1. The van der Waals surface area contributed by atoms with Gasteiger partial charge in [-0.3, -0.25) is 9.69 Å². The molecule has 3 atom stereocenters. The maximum atomic E-state index is 13.8. The summed E-state index contributed by atoms with van der Waals surface area (Å²) in [5.41, 5.74) is 0.957. The van der Waals surface area contributed by atoms with E-state index >= 15 is 0 Å². The Hall–Kier alpha value is -2.41. The van der Waals surface area contributed by atoms with E-state index in [0.29, 0.717) is 22.7 Å². The summed E-state index contributed by atoms with van der Waals surface area (Å²) in [5.74, 6) is -0.198. The molecule has 1 amide bonds. The van der Waals surface area contributed by atoms with Gasteiger partial charge in [-0.15, -0.1) is 0 Å². The van der Waals surface area contributed by atoms with Gasteiger partial charge in [-0.25, -0.2) is 9.18 Å². The van der Waals surface area contributed by atoms with Crippen LogP contribution in [0.15, 0.2) is 18.2 Å². The number of ether oxygens (including phenoxy) is 1. The van der Waals surface area contributed by atoms with E-state index in [1.54, 1.807) is 13.0 Å². The quantitative estimate of drug-likeness (QED) is 0.763. The van der Waals surface area contributed by atoms with Crippen LogP contribution in [0.2, 0.25) is 0 Å². The molecule has 0 spiro atoms. The zero-order chi connectivity index (χ0) is 20.4. The summed E-state index contributed by atoms with van der Waals surface area (Å²) >= 11 is 0. The maximum Gasteiger partial charge on any atom is 0.356 e. The van der Waals surface area contributed by atoms with Crippen molar-refractivity contribution < 1.29 is 18.7 Å². The number of amides is 1. The molecule has 2 heterocycles. The van der Waals surface area contributed by atoms with Crippen LogP contribution in [0.4, 0.5) is 10.1 Å². The Morgan fingerprint density at radius 2 is 2.00 bits per heavy atom. The minimum Gasteiger partial charge on any atom is -0.461 e. The van der Waals surface area contributed by atoms with E-state index in [-0.39, 0.29) is 29.9 Å². The summed E-state index contributed by atoms with van der Waals surface area (Å²) < 4.78 is 18.9. The van der Waals surface area contributed by atoms with Crippen LogP contribution >= 0.6 is 0 Å². The number of halogens is 1. The number of anilines is 1. The third-order valence-corrected chi connectivity index (χ3v) is 5.31. The van der Waals surface area contributed by atoms with Crippen molar-refractivity contribution in [3.8, 4) is 0 Å². The summed E-state index contributed by atoms with van der Waals surface area (Å²) in [6.07, 6.45) is 1.15. The molecule has 0 radical (unpaired) electrons. The van der Waals surface area contributed by atoms with Crippen LogP contribution in [0.1, 0.15) is 44.6 Å². The zero-order valence-corrected chi connectivity index (χ0v) is 16.8. The maximum absolute atomic E-state index is 13.8. The number of carbonyl (C=O) groups is 2. The second kappa shape index (κ2) is 8.31. The number of nitrogens with zero attached hydrogens (tertiary/aromatic N) is 1. The average molecular weight is 389 g/mol. The van der Waals surface area contributed by atoms with E-state index in [9.17, 15) is 14.0 Å². The van der Waals surface area contributed by atoms with E-state index in [0.717, 1.165) is 19.5 Å². The first-order chi connectivity index (χ1) is 13.3. The number of nitrogens with one attached hydrogen (secondary N) is 2. The van der Waals surface area contributed by atoms with Gasteiger partial charge in [-0.2, -0.15) is 0 Å². The van der Waals surface area contributed by atoms with Gasteiger partial charge in [0.15, 0.2) is 0 Å². The number of aromatic amines is 1. The number of esters is 1. The molecular formula is C21H28FN3O3. The number of hydrogen-bond donors (Lipinski definition) is 2. The topological polar surface area (TPSA) is 74.4 Å². The Labute approximate surface area is 164 Å². The van der Waals surface area contributed by atoms with Crippen molar-refractivity contribution in [2.75, 3.05) is 25.0 Å². The third kappa shape index (κ3) is 4.19. The number of aromatic nitrogens is 1. The molecule has 0 aliphatic carbocycles. The van der Waals surface area contributed by atoms with E-state index in [2.05, 4.69) is 29.0 Å². The van der Waals surface area contributed by atoms with Gasteiger partial charge in [-0.1, -0.05) is 13.8 Å². The van der Waals surface area contributed by atoms with E-state index < -0.39 is 11.8 Å². The Morgan fingerprint density at radius 1 is 1.32 bits per heavy atom. The molecule has 152 valence electrons. The summed E-state index contributed by atoms with van der Waals surface area (Å²) in [5, 5.41) is 3.30. The lowest BCUT2D eigenvalue weighted by atomic mass is 9.91. The molecule has 28 heavy (non-hydrogen) atoms. The van der Waals surface area contributed by atoms with Crippen molar-refractivity contribution in [2.45, 2.75) is 40.2 Å². The van der Waals surface area contributed by atoms with Crippen molar-refractivity contribution in [2.24, 2.45) is 11.8 Å². The predicted octanol–water partition coefficient (Wildman–Crippen LogP) is 3.79. The zero-order valence-electron chi connectivity index (χ0n) is 16.8. The SMILES string of the molecule is CCOC(=O)c1[nH]c2ccc(F)cc2c1NC(=O)C(C)N1CC(C)CC(C)C1. The number of carbonyl (C=O) groups excluding carboxylic acids is 2. The monoisotopic (exact) mass is 389 g/mol. The Balaban J connectivity index is 1.89. The van der Waals surface area contributed by atoms with Gasteiger partial charge in [0.05, 0.1) is 18.3 Å². The van der Waals surface area contributed by atoms with Crippen LogP contribution in [0.25, 0.3) is 10.9 Å². The van der Waals surface area contributed by atoms with Gasteiger partial charge in [-0.05, 0) is 50.3 Å². The summed E-state index contributed by atoms with van der Waals surface area (Å²) in [7, 11) is 0. The molecule has 1 aliphatic rings. The molecule has 0 bridgehead atoms. The predicted molar refractivity (Wildman–Crippen MR) is 107 cm³/mol. The number of rotatable bonds is 5. The average Bonchev–Trinajstić information content (AvgIpc) is 2.98. The number of H-pyrrole nitrogens is 1. The summed E-state index contributed by atoms with van der Waals surface area (Å²) in [6, 6.07) is 3.79. The fourth-order valence-corrected chi connectivity index (χ4v) is 4.07. The molecule has 1 fully saturated rings. The van der Waals surface area contributed by atoms with Crippen molar-refractivity contribution in [1.82, 2.24) is 9.88 Å². The van der Waals surface area contributed by atoms with E-state index in [1.807, 2.05) is 6.92 Å². The van der Waals surface area contributed by atoms with Gasteiger partial charge in [0.1, 0.15) is 11.5 Å². The van der Waals surface area contributed by atoms with Gasteiger partial charge < -0.3 is 15.0 Å². The molecule has 1 aromatic heterocycles. The molecular weight excluding hydrogens is 361 g/mol. The minimum atomic E-state index is -0.581. The van der Waals surface area contributed by atoms with Crippen molar-refractivity contribution in [3.63, 3.8) is 0 Å². The number of likely N-dealkylation sites (tertiary alicyclic amines) is 1. The lowest BCUT2D eigenvalue weighted by Gasteiger charge is -2.38. The fourth-order valence-electron chi connectivity index (χ4n) is 4.07. The summed E-state index contributed by atoms with van der Waals surface area (Å²) in [6.45, 7) is 9.86. The summed E-state index contributed by atoms with van der Waals surface area (Å²) in [4.78, 5) is 30.4. The second-order valence-electron chi connectivity index (χ2n) is 7.85. The third-order valence-electron chi connectivity index (χ3n) is 5.31. The Bertz CT molecular complexity index is 869.